The molecule has 102 valence electrons. The molecule has 0 aromatic heterocycles. The molecular formula is C15H19NO3. The number of morpholine rings is 1. The number of rotatable bonds is 2. The monoisotopic (exact) mass is 261 g/mol. The van der Waals surface area contributed by atoms with E-state index in [-0.39, 0.29) is 0 Å². The van der Waals surface area contributed by atoms with Gasteiger partial charge in [0, 0.05) is 12.2 Å². The lowest BCUT2D eigenvalue weighted by atomic mass is 10.0. The Bertz CT molecular complexity index is 500. The Kier molecular flexibility index (Phi) is 3.19. The van der Waals surface area contributed by atoms with Crippen LogP contribution in [0.5, 0.6) is 0 Å². The molecule has 2 atom stereocenters. The topological polar surface area (TPSA) is 49.8 Å². The van der Waals surface area contributed by atoms with Crippen LogP contribution in [0, 0.1) is 6.92 Å². The van der Waals surface area contributed by atoms with Crippen molar-refractivity contribution in [3.05, 3.63) is 29.3 Å². The molecule has 4 heteroatoms. The largest absolute Gasteiger partial charge is 0.478 e. The first kappa shape index (κ1) is 12.5. The van der Waals surface area contributed by atoms with Crippen molar-refractivity contribution < 1.29 is 14.6 Å². The molecule has 0 amide bonds. The summed E-state index contributed by atoms with van der Waals surface area (Å²) in [7, 11) is 0. The summed E-state index contributed by atoms with van der Waals surface area (Å²) in [5.41, 5.74) is 2.55. The van der Waals surface area contributed by atoms with Crippen molar-refractivity contribution in [3.8, 4) is 0 Å². The van der Waals surface area contributed by atoms with Crippen LogP contribution in [0.3, 0.4) is 0 Å². The van der Waals surface area contributed by atoms with Crippen molar-refractivity contribution in [1.29, 1.82) is 0 Å². The normalized spacial score (nSPS) is 26.3. The highest BCUT2D eigenvalue weighted by molar-refractivity contribution is 5.88. The lowest BCUT2D eigenvalue weighted by molar-refractivity contribution is 0.0256. The van der Waals surface area contributed by atoms with Crippen LogP contribution in [-0.4, -0.2) is 36.4 Å². The molecule has 2 fully saturated rings. The fourth-order valence-corrected chi connectivity index (χ4v) is 3.34. The molecule has 1 aliphatic carbocycles. The average molecular weight is 261 g/mol. The minimum absolute atomic E-state index is 0.354. The van der Waals surface area contributed by atoms with Crippen molar-refractivity contribution in [2.75, 3.05) is 18.1 Å². The zero-order valence-electron chi connectivity index (χ0n) is 11.1. The predicted octanol–water partition coefficient (Wildman–Crippen LogP) is 2.45. The molecule has 1 saturated heterocycles. The summed E-state index contributed by atoms with van der Waals surface area (Å²) in [5, 5.41) is 9.03. The summed E-state index contributed by atoms with van der Waals surface area (Å²) >= 11 is 0. The van der Waals surface area contributed by atoms with Gasteiger partial charge in [-0.15, -0.1) is 0 Å². The Hall–Kier alpha value is -1.55. The number of aromatic carboxylic acids is 1. The third-order valence-corrected chi connectivity index (χ3v) is 4.24. The molecule has 0 bridgehead atoms. The van der Waals surface area contributed by atoms with E-state index in [1.807, 2.05) is 13.0 Å². The van der Waals surface area contributed by atoms with Crippen LogP contribution in [0.2, 0.25) is 0 Å². The molecule has 1 N–H and O–H groups in total. The molecule has 0 spiro atoms. The van der Waals surface area contributed by atoms with Gasteiger partial charge in [-0.2, -0.15) is 0 Å². The molecule has 0 radical (unpaired) electrons. The second kappa shape index (κ2) is 4.85. The van der Waals surface area contributed by atoms with Crippen LogP contribution in [0.1, 0.15) is 35.2 Å². The molecule has 1 saturated carbocycles. The summed E-state index contributed by atoms with van der Waals surface area (Å²) in [6, 6.07) is 5.86. The highest BCUT2D eigenvalue weighted by Crippen LogP contribution is 2.34. The highest BCUT2D eigenvalue weighted by atomic mass is 16.5. The van der Waals surface area contributed by atoms with Crippen molar-refractivity contribution in [2.45, 2.75) is 38.3 Å². The molecular weight excluding hydrogens is 242 g/mol. The molecule has 3 rings (SSSR count). The Morgan fingerprint density at radius 1 is 1.42 bits per heavy atom. The van der Waals surface area contributed by atoms with E-state index in [0.29, 0.717) is 17.7 Å². The Morgan fingerprint density at radius 2 is 2.26 bits per heavy atom. The summed E-state index contributed by atoms with van der Waals surface area (Å²) < 4.78 is 5.82. The van der Waals surface area contributed by atoms with Crippen LogP contribution < -0.4 is 4.90 Å². The zero-order chi connectivity index (χ0) is 13.4. The van der Waals surface area contributed by atoms with Gasteiger partial charge in [0.2, 0.25) is 0 Å². The van der Waals surface area contributed by atoms with E-state index in [1.54, 1.807) is 12.1 Å². The number of carbonyl (C=O) groups is 1. The number of anilines is 1. The number of hydrogen-bond donors (Lipinski definition) is 1. The van der Waals surface area contributed by atoms with Crippen molar-refractivity contribution in [3.63, 3.8) is 0 Å². The fourth-order valence-electron chi connectivity index (χ4n) is 3.34. The van der Waals surface area contributed by atoms with Gasteiger partial charge in [-0.3, -0.25) is 0 Å². The van der Waals surface area contributed by atoms with Crippen molar-refractivity contribution in [1.82, 2.24) is 0 Å². The number of carboxylic acids is 1. The molecule has 2 unspecified atom stereocenters. The standard InChI is InChI=1S/C15H19NO3/c1-10-9-11(15(17)18)5-6-12(10)16-7-8-19-14-4-2-3-13(14)16/h5-6,9,13-14H,2-4,7-8H2,1H3,(H,17,18). The van der Waals surface area contributed by atoms with Crippen LogP contribution in [0.25, 0.3) is 0 Å². The van der Waals surface area contributed by atoms with Gasteiger partial charge in [0.25, 0.3) is 0 Å². The molecule has 1 aromatic carbocycles. The number of hydrogen-bond acceptors (Lipinski definition) is 3. The van der Waals surface area contributed by atoms with Crippen LogP contribution in [-0.2, 0) is 4.74 Å². The fraction of sp³-hybridized carbons (Fsp3) is 0.533. The molecule has 1 aliphatic heterocycles. The lowest BCUT2D eigenvalue weighted by Gasteiger charge is -2.40. The number of benzene rings is 1. The number of ether oxygens (including phenoxy) is 1. The average Bonchev–Trinajstić information content (AvgIpc) is 2.86. The van der Waals surface area contributed by atoms with Gasteiger partial charge < -0.3 is 14.7 Å². The van der Waals surface area contributed by atoms with E-state index in [0.717, 1.165) is 30.8 Å². The number of fused-ring (bicyclic) bond motifs is 1. The molecule has 19 heavy (non-hydrogen) atoms. The van der Waals surface area contributed by atoms with Gasteiger partial charge in [-0.1, -0.05) is 0 Å². The first-order chi connectivity index (χ1) is 9.16. The van der Waals surface area contributed by atoms with E-state index >= 15 is 0 Å². The van der Waals surface area contributed by atoms with E-state index in [2.05, 4.69) is 4.90 Å². The van der Waals surface area contributed by atoms with Crippen molar-refractivity contribution >= 4 is 11.7 Å². The summed E-state index contributed by atoms with van der Waals surface area (Å²) in [5.74, 6) is -0.865. The zero-order valence-corrected chi connectivity index (χ0v) is 11.1. The Morgan fingerprint density at radius 3 is 3.00 bits per heavy atom. The SMILES string of the molecule is Cc1cc(C(=O)O)ccc1N1CCOC2CCCC21. The maximum absolute atomic E-state index is 11.0. The summed E-state index contributed by atoms with van der Waals surface area (Å²) in [6.45, 7) is 3.65. The van der Waals surface area contributed by atoms with Gasteiger partial charge in [0.15, 0.2) is 0 Å². The van der Waals surface area contributed by atoms with Gasteiger partial charge in [0.1, 0.15) is 0 Å². The maximum Gasteiger partial charge on any atom is 0.335 e. The molecule has 1 heterocycles. The molecule has 4 nitrogen and oxygen atoms in total. The van der Waals surface area contributed by atoms with Crippen LogP contribution in [0.4, 0.5) is 5.69 Å². The van der Waals surface area contributed by atoms with Gasteiger partial charge >= 0.3 is 5.97 Å². The quantitative estimate of drug-likeness (QED) is 0.888. The molecule has 2 aliphatic rings. The van der Waals surface area contributed by atoms with Crippen LogP contribution >= 0.6 is 0 Å². The second-order valence-corrected chi connectivity index (χ2v) is 5.41. The predicted molar refractivity (Wildman–Crippen MR) is 72.9 cm³/mol. The van der Waals surface area contributed by atoms with Crippen molar-refractivity contribution in [2.24, 2.45) is 0 Å². The number of carboxylic acid groups (broad SMARTS) is 1. The number of aryl methyl sites for hydroxylation is 1. The van der Waals surface area contributed by atoms with Crippen LogP contribution in [0.15, 0.2) is 18.2 Å². The minimum Gasteiger partial charge on any atom is -0.478 e. The summed E-state index contributed by atoms with van der Waals surface area (Å²) in [6.07, 6.45) is 3.89. The van der Waals surface area contributed by atoms with Gasteiger partial charge in [-0.25, -0.2) is 4.79 Å². The lowest BCUT2D eigenvalue weighted by Crippen LogP contribution is -2.48. The first-order valence-corrected chi connectivity index (χ1v) is 6.89. The third-order valence-electron chi connectivity index (χ3n) is 4.24. The van der Waals surface area contributed by atoms with Gasteiger partial charge in [0.05, 0.1) is 24.3 Å². The second-order valence-electron chi connectivity index (χ2n) is 5.41. The Balaban J connectivity index is 1.90. The van der Waals surface area contributed by atoms with Gasteiger partial charge in [-0.05, 0) is 49.9 Å². The van der Waals surface area contributed by atoms with E-state index in [9.17, 15) is 4.79 Å². The maximum atomic E-state index is 11.0. The Labute approximate surface area is 113 Å². The third kappa shape index (κ3) is 2.21. The number of nitrogens with zero attached hydrogens (tertiary/aromatic N) is 1. The smallest absolute Gasteiger partial charge is 0.335 e. The molecule has 1 aromatic rings. The van der Waals surface area contributed by atoms with E-state index < -0.39 is 5.97 Å². The van der Waals surface area contributed by atoms with E-state index in [4.69, 9.17) is 9.84 Å². The first-order valence-electron chi connectivity index (χ1n) is 6.89. The van der Waals surface area contributed by atoms with E-state index in [1.165, 1.54) is 12.8 Å². The summed E-state index contributed by atoms with van der Waals surface area (Å²) in [4.78, 5) is 13.4. The highest BCUT2D eigenvalue weighted by Gasteiger charge is 2.36. The minimum atomic E-state index is -0.865.